The van der Waals surface area contributed by atoms with Gasteiger partial charge in [0, 0.05) is 12.6 Å². The molecule has 112 valence electrons. The van der Waals surface area contributed by atoms with Crippen LogP contribution in [0.25, 0.3) is 0 Å². The van der Waals surface area contributed by atoms with Crippen molar-refractivity contribution in [3.63, 3.8) is 0 Å². The highest BCUT2D eigenvalue weighted by Crippen LogP contribution is 2.35. The van der Waals surface area contributed by atoms with Crippen molar-refractivity contribution in [2.24, 2.45) is 5.92 Å². The molecule has 0 aliphatic heterocycles. The lowest BCUT2D eigenvalue weighted by Crippen LogP contribution is -2.28. The molecule has 1 aromatic rings. The second-order valence-corrected chi connectivity index (χ2v) is 7.37. The Balaban J connectivity index is 1.88. The van der Waals surface area contributed by atoms with Gasteiger partial charge in [-0.15, -0.1) is 0 Å². The topological polar surface area (TPSA) is 58.2 Å². The highest BCUT2D eigenvalue weighted by Gasteiger charge is 2.38. The van der Waals surface area contributed by atoms with E-state index in [1.165, 1.54) is 0 Å². The molecule has 2 rings (SSSR count). The summed E-state index contributed by atoms with van der Waals surface area (Å²) in [5.74, 6) is 0.620. The van der Waals surface area contributed by atoms with Gasteiger partial charge in [0.15, 0.2) is 0 Å². The van der Waals surface area contributed by atoms with Gasteiger partial charge in [-0.1, -0.05) is 37.6 Å². The number of nitrogens with one attached hydrogen (secondary N) is 2. The molecule has 4 nitrogen and oxygen atoms in total. The van der Waals surface area contributed by atoms with Crippen molar-refractivity contribution in [1.82, 2.24) is 10.0 Å². The normalized spacial score (nSPS) is 21.9. The summed E-state index contributed by atoms with van der Waals surface area (Å²) in [6.07, 6.45) is 3.23. The molecule has 1 aromatic carbocycles. The van der Waals surface area contributed by atoms with Crippen molar-refractivity contribution in [2.45, 2.75) is 44.5 Å². The SMILES string of the molecule is CCCC1CC1NS(=O)(=O)Cc1ccc(CNC)cc1. The van der Waals surface area contributed by atoms with E-state index in [9.17, 15) is 8.42 Å². The fraction of sp³-hybridized carbons (Fsp3) is 0.600. The molecular weight excluding hydrogens is 272 g/mol. The largest absolute Gasteiger partial charge is 0.316 e. The predicted molar refractivity (Wildman–Crippen MR) is 81.8 cm³/mol. The highest BCUT2D eigenvalue weighted by molar-refractivity contribution is 7.88. The van der Waals surface area contributed by atoms with Gasteiger partial charge in [0.05, 0.1) is 5.75 Å². The first kappa shape index (κ1) is 15.5. The summed E-state index contributed by atoms with van der Waals surface area (Å²) in [6.45, 7) is 2.93. The summed E-state index contributed by atoms with van der Waals surface area (Å²) in [4.78, 5) is 0. The zero-order chi connectivity index (χ0) is 14.6. The van der Waals surface area contributed by atoms with Gasteiger partial charge in [-0.3, -0.25) is 0 Å². The lowest BCUT2D eigenvalue weighted by molar-refractivity contribution is 0.572. The van der Waals surface area contributed by atoms with Crippen molar-refractivity contribution < 1.29 is 8.42 Å². The maximum absolute atomic E-state index is 12.1. The third kappa shape index (κ3) is 4.58. The van der Waals surface area contributed by atoms with Gasteiger partial charge in [-0.2, -0.15) is 0 Å². The smallest absolute Gasteiger partial charge is 0.216 e. The molecule has 1 aliphatic carbocycles. The number of rotatable bonds is 8. The minimum atomic E-state index is -3.21. The van der Waals surface area contributed by atoms with E-state index in [1.54, 1.807) is 0 Å². The van der Waals surface area contributed by atoms with Crippen LogP contribution in [0, 0.1) is 5.92 Å². The van der Waals surface area contributed by atoms with E-state index in [-0.39, 0.29) is 11.8 Å². The van der Waals surface area contributed by atoms with Gasteiger partial charge in [-0.25, -0.2) is 13.1 Å². The summed E-state index contributed by atoms with van der Waals surface area (Å²) in [7, 11) is -1.32. The molecular formula is C15H24N2O2S. The van der Waals surface area contributed by atoms with E-state index < -0.39 is 10.0 Å². The average Bonchev–Trinajstić information content (AvgIpc) is 3.09. The molecule has 2 N–H and O–H groups in total. The van der Waals surface area contributed by atoms with Crippen molar-refractivity contribution in [3.05, 3.63) is 35.4 Å². The molecule has 0 bridgehead atoms. The Labute approximate surface area is 122 Å². The third-order valence-electron chi connectivity index (χ3n) is 3.67. The first-order valence-electron chi connectivity index (χ1n) is 7.26. The summed E-state index contributed by atoms with van der Waals surface area (Å²) in [5, 5.41) is 3.07. The molecule has 1 saturated carbocycles. The number of benzene rings is 1. The van der Waals surface area contributed by atoms with Crippen molar-refractivity contribution in [1.29, 1.82) is 0 Å². The summed E-state index contributed by atoms with van der Waals surface area (Å²) in [6, 6.07) is 7.89. The van der Waals surface area contributed by atoms with E-state index in [2.05, 4.69) is 17.0 Å². The molecule has 0 heterocycles. The molecule has 0 saturated heterocycles. The average molecular weight is 296 g/mol. The second-order valence-electron chi connectivity index (χ2n) is 5.61. The van der Waals surface area contributed by atoms with Crippen LogP contribution in [0.15, 0.2) is 24.3 Å². The van der Waals surface area contributed by atoms with E-state index in [0.717, 1.165) is 36.9 Å². The molecule has 0 spiro atoms. The highest BCUT2D eigenvalue weighted by atomic mass is 32.2. The van der Waals surface area contributed by atoms with Crippen LogP contribution in [-0.2, 0) is 22.3 Å². The standard InChI is InChI=1S/C15H24N2O2S/c1-3-4-14-9-15(14)17-20(18,19)11-13-7-5-12(6-8-13)10-16-2/h5-8,14-17H,3-4,9-11H2,1-2H3. The third-order valence-corrected chi connectivity index (χ3v) is 5.05. The molecule has 5 heteroatoms. The Morgan fingerprint density at radius 1 is 1.20 bits per heavy atom. The van der Waals surface area contributed by atoms with Crippen LogP contribution >= 0.6 is 0 Å². The van der Waals surface area contributed by atoms with E-state index in [4.69, 9.17) is 0 Å². The predicted octanol–water partition coefficient (Wildman–Crippen LogP) is 2.01. The zero-order valence-electron chi connectivity index (χ0n) is 12.2. The Morgan fingerprint density at radius 2 is 1.85 bits per heavy atom. The lowest BCUT2D eigenvalue weighted by Gasteiger charge is -2.07. The van der Waals surface area contributed by atoms with Crippen LogP contribution in [-0.4, -0.2) is 21.5 Å². The first-order valence-corrected chi connectivity index (χ1v) is 8.91. The lowest BCUT2D eigenvalue weighted by atomic mass is 10.1. The van der Waals surface area contributed by atoms with Gasteiger partial charge in [0.25, 0.3) is 0 Å². The van der Waals surface area contributed by atoms with Crippen LogP contribution < -0.4 is 10.0 Å². The number of hydrogen-bond donors (Lipinski definition) is 2. The number of sulfonamides is 1. The zero-order valence-corrected chi connectivity index (χ0v) is 13.0. The minimum Gasteiger partial charge on any atom is -0.316 e. The Morgan fingerprint density at radius 3 is 2.45 bits per heavy atom. The van der Waals surface area contributed by atoms with Crippen LogP contribution in [0.3, 0.4) is 0 Å². The van der Waals surface area contributed by atoms with E-state index >= 15 is 0 Å². The molecule has 2 atom stereocenters. The summed E-state index contributed by atoms with van der Waals surface area (Å²) >= 11 is 0. The molecule has 0 amide bonds. The first-order chi connectivity index (χ1) is 9.54. The van der Waals surface area contributed by atoms with E-state index in [0.29, 0.717) is 5.92 Å². The van der Waals surface area contributed by atoms with Gasteiger partial charge in [0.2, 0.25) is 10.0 Å². The second kappa shape index (κ2) is 6.70. The maximum Gasteiger partial charge on any atom is 0.216 e. The molecule has 1 fully saturated rings. The molecule has 0 aromatic heterocycles. The minimum absolute atomic E-state index is 0.0716. The number of hydrogen-bond acceptors (Lipinski definition) is 3. The summed E-state index contributed by atoms with van der Waals surface area (Å²) < 4.78 is 27.0. The Hall–Kier alpha value is -0.910. The molecule has 2 unspecified atom stereocenters. The fourth-order valence-corrected chi connectivity index (χ4v) is 4.00. The summed E-state index contributed by atoms with van der Waals surface area (Å²) in [5.41, 5.74) is 2.00. The van der Waals surface area contributed by atoms with Gasteiger partial charge in [-0.05, 0) is 36.9 Å². The van der Waals surface area contributed by atoms with Crippen molar-refractivity contribution in [3.8, 4) is 0 Å². The maximum atomic E-state index is 12.1. The molecule has 1 aliphatic rings. The van der Waals surface area contributed by atoms with Gasteiger partial charge in [0.1, 0.15) is 0 Å². The van der Waals surface area contributed by atoms with Crippen molar-refractivity contribution in [2.75, 3.05) is 7.05 Å². The Bertz CT molecular complexity index is 525. The molecule has 20 heavy (non-hydrogen) atoms. The van der Waals surface area contributed by atoms with Crippen LogP contribution in [0.2, 0.25) is 0 Å². The monoisotopic (exact) mass is 296 g/mol. The Kier molecular flexibility index (Phi) is 5.18. The fourth-order valence-electron chi connectivity index (χ4n) is 2.53. The van der Waals surface area contributed by atoms with Crippen molar-refractivity contribution >= 4 is 10.0 Å². The van der Waals surface area contributed by atoms with Crippen LogP contribution in [0.1, 0.15) is 37.3 Å². The van der Waals surface area contributed by atoms with Gasteiger partial charge >= 0.3 is 0 Å². The quantitative estimate of drug-likeness (QED) is 0.771. The molecule has 0 radical (unpaired) electrons. The van der Waals surface area contributed by atoms with Gasteiger partial charge < -0.3 is 5.32 Å². The van der Waals surface area contributed by atoms with E-state index in [1.807, 2.05) is 31.3 Å². The van der Waals surface area contributed by atoms with Crippen LogP contribution in [0.4, 0.5) is 0 Å². The van der Waals surface area contributed by atoms with Crippen LogP contribution in [0.5, 0.6) is 0 Å².